The van der Waals surface area contributed by atoms with Gasteiger partial charge in [0.15, 0.2) is 44.5 Å². The summed E-state index contributed by atoms with van der Waals surface area (Å²) in [6.07, 6.45) is 8.27. The van der Waals surface area contributed by atoms with Crippen LogP contribution < -0.4 is 18.9 Å². The molecule has 0 saturated heterocycles. The molecular formula is C33H44O10. The number of allylic oxidation sites excluding steroid dienone is 5. The van der Waals surface area contributed by atoms with E-state index in [9.17, 15) is 9.90 Å². The highest BCUT2D eigenvalue weighted by atomic mass is 16.7. The molecule has 0 heterocycles. The summed E-state index contributed by atoms with van der Waals surface area (Å²) in [5, 5.41) is 10.8. The van der Waals surface area contributed by atoms with E-state index in [0.29, 0.717) is 24.3 Å². The van der Waals surface area contributed by atoms with Gasteiger partial charge in [0, 0.05) is 51.7 Å². The molecule has 0 spiro atoms. The van der Waals surface area contributed by atoms with Gasteiger partial charge in [0.1, 0.15) is 22.8 Å². The number of phenols is 1. The minimum Gasteiger partial charge on any atom is -0.507 e. The Balaban J connectivity index is 2.73. The number of hydrogen-bond donors (Lipinski definition) is 1. The summed E-state index contributed by atoms with van der Waals surface area (Å²) in [5.41, 5.74) is 4.57. The molecular weight excluding hydrogens is 556 g/mol. The third-order valence-electron chi connectivity index (χ3n) is 5.93. The average Bonchev–Trinajstić information content (AvgIpc) is 2.97. The average molecular weight is 601 g/mol. The second-order valence-corrected chi connectivity index (χ2v) is 9.95. The van der Waals surface area contributed by atoms with Crippen molar-refractivity contribution in [1.82, 2.24) is 0 Å². The summed E-state index contributed by atoms with van der Waals surface area (Å²) in [6, 6.07) is 4.79. The maximum Gasteiger partial charge on any atom is 0.193 e. The molecule has 0 radical (unpaired) electrons. The third-order valence-corrected chi connectivity index (χ3v) is 5.93. The monoisotopic (exact) mass is 600 g/mol. The molecule has 10 nitrogen and oxygen atoms in total. The first-order valence-electron chi connectivity index (χ1n) is 13.7. The minimum atomic E-state index is -0.486. The van der Waals surface area contributed by atoms with Crippen LogP contribution in [-0.4, -0.2) is 66.5 Å². The van der Waals surface area contributed by atoms with E-state index in [2.05, 4.69) is 12.2 Å². The number of hydrogen-bond acceptors (Lipinski definition) is 10. The van der Waals surface area contributed by atoms with Gasteiger partial charge in [-0.15, -0.1) is 0 Å². The topological polar surface area (TPSA) is 111 Å². The Labute approximate surface area is 254 Å². The molecule has 2 aromatic carbocycles. The van der Waals surface area contributed by atoms with E-state index in [-0.39, 0.29) is 50.0 Å². The van der Waals surface area contributed by atoms with Gasteiger partial charge >= 0.3 is 0 Å². The number of ketones is 1. The van der Waals surface area contributed by atoms with Gasteiger partial charge in [-0.3, -0.25) is 4.79 Å². The summed E-state index contributed by atoms with van der Waals surface area (Å²) >= 11 is 0. The van der Waals surface area contributed by atoms with Crippen molar-refractivity contribution in [1.29, 1.82) is 0 Å². The maximum atomic E-state index is 13.5. The van der Waals surface area contributed by atoms with Crippen molar-refractivity contribution < 1.29 is 47.8 Å². The van der Waals surface area contributed by atoms with Crippen molar-refractivity contribution in [3.63, 3.8) is 0 Å². The van der Waals surface area contributed by atoms with Gasteiger partial charge in [0.2, 0.25) is 0 Å². The minimum absolute atomic E-state index is 0.00902. The number of phenolic OH excluding ortho intramolecular Hbond substituents is 1. The first-order chi connectivity index (χ1) is 20.7. The number of carbonyl (C=O) groups is 1. The van der Waals surface area contributed by atoms with Crippen LogP contribution in [0.2, 0.25) is 0 Å². The van der Waals surface area contributed by atoms with E-state index in [1.165, 1.54) is 32.4 Å². The lowest BCUT2D eigenvalue weighted by molar-refractivity contribution is 0.0313. The second-order valence-electron chi connectivity index (χ2n) is 9.95. The van der Waals surface area contributed by atoms with Crippen LogP contribution in [0.15, 0.2) is 47.6 Å². The molecule has 10 heteroatoms. The lowest BCUT2D eigenvalue weighted by atomic mass is 9.95. The number of rotatable bonds is 19. The molecule has 0 fully saturated rings. The van der Waals surface area contributed by atoms with Crippen LogP contribution in [-0.2, 0) is 31.8 Å². The van der Waals surface area contributed by atoms with Gasteiger partial charge in [-0.2, -0.15) is 0 Å². The number of benzene rings is 2. The third kappa shape index (κ3) is 11.1. The standard InChI is InChI=1S/C33H44O10/c1-22(2)9-11-25-15-24(27(13-10-23(3)4)33(43-21-39-8)32(25)42-20-38-7)12-14-28(34)31-29(35)16-26(40-18-36-5)17-30(31)41-19-37-6/h9-10,12,14-17,35H,11,13,18-21H2,1-8H3/b14-12+. The van der Waals surface area contributed by atoms with Crippen LogP contribution in [0.5, 0.6) is 28.7 Å². The van der Waals surface area contributed by atoms with Gasteiger partial charge in [-0.05, 0) is 58.2 Å². The fourth-order valence-corrected chi connectivity index (χ4v) is 3.95. The molecule has 0 unspecified atom stereocenters. The highest BCUT2D eigenvalue weighted by molar-refractivity contribution is 6.10. The number of aromatic hydroxyl groups is 1. The molecule has 0 atom stereocenters. The van der Waals surface area contributed by atoms with Gasteiger partial charge in [-0.25, -0.2) is 0 Å². The van der Waals surface area contributed by atoms with Gasteiger partial charge in [0.05, 0.1) is 0 Å². The fraction of sp³-hybridized carbons (Fsp3) is 0.424. The predicted octanol–water partition coefficient (Wildman–Crippen LogP) is 6.24. The zero-order valence-corrected chi connectivity index (χ0v) is 26.4. The SMILES string of the molecule is COCOc1cc(O)c(C(=O)/C=C/c2cc(CC=C(C)C)c(OCOC)c(OCOC)c2CC=C(C)C)c(OCOC)c1. The van der Waals surface area contributed by atoms with Crippen LogP contribution >= 0.6 is 0 Å². The van der Waals surface area contributed by atoms with Crippen LogP contribution in [0.3, 0.4) is 0 Å². The first-order valence-corrected chi connectivity index (χ1v) is 13.7. The van der Waals surface area contributed by atoms with Crippen molar-refractivity contribution in [2.75, 3.05) is 55.6 Å². The van der Waals surface area contributed by atoms with E-state index in [1.54, 1.807) is 20.3 Å². The quantitative estimate of drug-likeness (QED) is 0.0861. The Morgan fingerprint density at radius 3 is 1.88 bits per heavy atom. The van der Waals surface area contributed by atoms with Gasteiger partial charge in [-0.1, -0.05) is 29.4 Å². The lowest BCUT2D eigenvalue weighted by Gasteiger charge is -2.21. The Hall–Kier alpha value is -3.83. The Morgan fingerprint density at radius 2 is 1.28 bits per heavy atom. The van der Waals surface area contributed by atoms with Crippen molar-refractivity contribution >= 4 is 11.9 Å². The normalized spacial score (nSPS) is 10.9. The molecule has 0 aromatic heterocycles. The van der Waals surface area contributed by atoms with Gasteiger partial charge < -0.3 is 43.0 Å². The highest BCUT2D eigenvalue weighted by Gasteiger charge is 2.22. The van der Waals surface area contributed by atoms with E-state index >= 15 is 0 Å². The second kappa shape index (κ2) is 18.7. The molecule has 0 aliphatic heterocycles. The molecule has 236 valence electrons. The molecule has 2 aromatic rings. The molecule has 0 amide bonds. The van der Waals surface area contributed by atoms with Crippen LogP contribution in [0, 0.1) is 0 Å². The van der Waals surface area contributed by atoms with E-state index in [0.717, 1.165) is 27.8 Å². The molecule has 0 saturated carbocycles. The van der Waals surface area contributed by atoms with Crippen molar-refractivity contribution in [3.05, 3.63) is 69.8 Å². The fourth-order valence-electron chi connectivity index (χ4n) is 3.95. The molecule has 0 bridgehead atoms. The molecule has 0 aliphatic rings. The molecule has 0 aliphatic carbocycles. The molecule has 2 rings (SSSR count). The van der Waals surface area contributed by atoms with E-state index in [4.69, 9.17) is 37.9 Å². The van der Waals surface area contributed by atoms with Crippen molar-refractivity contribution in [2.45, 2.75) is 40.5 Å². The highest BCUT2D eigenvalue weighted by Crippen LogP contribution is 2.40. The smallest absolute Gasteiger partial charge is 0.193 e. The zero-order valence-electron chi connectivity index (χ0n) is 26.4. The maximum absolute atomic E-state index is 13.5. The van der Waals surface area contributed by atoms with E-state index in [1.807, 2.05) is 33.8 Å². The number of carbonyl (C=O) groups excluding carboxylic acids is 1. The van der Waals surface area contributed by atoms with Crippen LogP contribution in [0.25, 0.3) is 6.08 Å². The van der Waals surface area contributed by atoms with Gasteiger partial charge in [0.25, 0.3) is 0 Å². The largest absolute Gasteiger partial charge is 0.507 e. The van der Waals surface area contributed by atoms with Crippen molar-refractivity contribution in [3.8, 4) is 28.7 Å². The summed E-state index contributed by atoms with van der Waals surface area (Å²) in [7, 11) is 6.02. The Kier molecular flexibility index (Phi) is 15.3. The lowest BCUT2D eigenvalue weighted by Crippen LogP contribution is -2.10. The van der Waals surface area contributed by atoms with Crippen LogP contribution in [0.1, 0.15) is 54.7 Å². The Bertz CT molecular complexity index is 1290. The Morgan fingerprint density at radius 1 is 0.721 bits per heavy atom. The molecule has 43 heavy (non-hydrogen) atoms. The van der Waals surface area contributed by atoms with E-state index < -0.39 is 5.78 Å². The summed E-state index contributed by atoms with van der Waals surface area (Å²) in [6.45, 7) is 7.87. The summed E-state index contributed by atoms with van der Waals surface area (Å²) in [5.74, 6) is 0.608. The summed E-state index contributed by atoms with van der Waals surface area (Å²) < 4.78 is 43.5. The predicted molar refractivity (Wildman–Crippen MR) is 164 cm³/mol. The zero-order chi connectivity index (χ0) is 31.8. The number of methoxy groups -OCH3 is 4. The number of ether oxygens (including phenoxy) is 8. The van der Waals surface area contributed by atoms with Crippen molar-refractivity contribution in [2.24, 2.45) is 0 Å². The van der Waals surface area contributed by atoms with Crippen LogP contribution in [0.4, 0.5) is 0 Å². The first kappa shape index (κ1) is 35.4. The molecule has 1 N–H and O–H groups in total. The summed E-state index contributed by atoms with van der Waals surface area (Å²) in [4.78, 5) is 13.5.